The molecule has 0 radical (unpaired) electrons. The molecule has 1 rings (SSSR count). The Hall–Kier alpha value is -0.870. The number of nitrogens with two attached hydrogens (primary N) is 1. The van der Waals surface area contributed by atoms with Crippen LogP contribution in [0.2, 0.25) is 0 Å². The van der Waals surface area contributed by atoms with Gasteiger partial charge in [0.2, 0.25) is 0 Å². The normalized spacial score (nSPS) is 12.8. The molecule has 0 aliphatic carbocycles. The molecule has 1 aromatic heterocycles. The summed E-state index contributed by atoms with van der Waals surface area (Å²) in [4.78, 5) is 7.35. The van der Waals surface area contributed by atoms with Crippen LogP contribution in [0, 0.1) is 0 Å². The Morgan fingerprint density at radius 3 is 2.39 bits per heavy atom. The predicted octanol–water partition coefficient (Wildman–Crippen LogP) is 3.44. The van der Waals surface area contributed by atoms with Crippen LogP contribution in [0.4, 0.5) is 0 Å². The molecule has 0 amide bonds. The van der Waals surface area contributed by atoms with Crippen molar-refractivity contribution in [1.29, 1.82) is 0 Å². The zero-order chi connectivity index (χ0) is 13.1. The summed E-state index contributed by atoms with van der Waals surface area (Å²) in [6.45, 7) is 2.26. The maximum Gasteiger partial charge on any atom is 0.124 e. The maximum atomic E-state index is 5.55. The van der Waals surface area contributed by atoms with Crippen LogP contribution in [0.25, 0.3) is 0 Å². The molecule has 1 unspecified atom stereocenters. The lowest BCUT2D eigenvalue weighted by molar-refractivity contribution is 0.460. The number of unbranched alkanes of at least 4 members (excludes halogenated alkanes) is 7. The van der Waals surface area contributed by atoms with Gasteiger partial charge >= 0.3 is 0 Å². The van der Waals surface area contributed by atoms with Crippen LogP contribution in [-0.2, 0) is 0 Å². The Kier molecular flexibility index (Phi) is 8.51. The van der Waals surface area contributed by atoms with Gasteiger partial charge in [-0.2, -0.15) is 0 Å². The first-order valence-corrected chi connectivity index (χ1v) is 7.34. The fourth-order valence-electron chi connectivity index (χ4n) is 2.25. The van der Waals surface area contributed by atoms with Crippen molar-refractivity contribution in [2.75, 3.05) is 0 Å². The van der Waals surface area contributed by atoms with E-state index in [4.69, 9.17) is 5.84 Å². The van der Waals surface area contributed by atoms with Crippen LogP contribution in [0.15, 0.2) is 12.4 Å². The fourth-order valence-corrected chi connectivity index (χ4v) is 2.25. The number of hydrogen-bond acceptors (Lipinski definition) is 3. The van der Waals surface area contributed by atoms with Crippen LogP contribution in [0.1, 0.15) is 76.6 Å². The number of H-pyrrole nitrogens is 1. The average molecular weight is 252 g/mol. The number of nitrogens with zero attached hydrogens (tertiary/aromatic N) is 1. The van der Waals surface area contributed by atoms with E-state index >= 15 is 0 Å². The molecule has 1 aromatic rings. The van der Waals surface area contributed by atoms with E-state index < -0.39 is 0 Å². The highest BCUT2D eigenvalue weighted by Crippen LogP contribution is 2.16. The zero-order valence-electron chi connectivity index (χ0n) is 11.6. The average Bonchev–Trinajstić information content (AvgIpc) is 2.91. The summed E-state index contributed by atoms with van der Waals surface area (Å²) in [5.74, 6) is 6.49. The topological polar surface area (TPSA) is 66.7 Å². The zero-order valence-corrected chi connectivity index (χ0v) is 11.6. The van der Waals surface area contributed by atoms with Gasteiger partial charge in [-0.3, -0.25) is 5.84 Å². The van der Waals surface area contributed by atoms with Gasteiger partial charge in [-0.1, -0.05) is 58.3 Å². The van der Waals surface area contributed by atoms with E-state index in [-0.39, 0.29) is 6.04 Å². The summed E-state index contributed by atoms with van der Waals surface area (Å²) in [6.07, 6.45) is 15.4. The van der Waals surface area contributed by atoms with E-state index in [1.807, 2.05) is 6.20 Å². The van der Waals surface area contributed by atoms with Crippen LogP contribution in [0.3, 0.4) is 0 Å². The molecular formula is C14H28N4. The molecule has 0 fully saturated rings. The van der Waals surface area contributed by atoms with Gasteiger partial charge in [0.05, 0.1) is 6.04 Å². The Labute approximate surface area is 111 Å². The number of rotatable bonds is 11. The van der Waals surface area contributed by atoms with Gasteiger partial charge in [0.1, 0.15) is 5.82 Å². The van der Waals surface area contributed by atoms with Crippen LogP contribution in [0.5, 0.6) is 0 Å². The van der Waals surface area contributed by atoms with Crippen molar-refractivity contribution >= 4 is 0 Å². The summed E-state index contributed by atoms with van der Waals surface area (Å²) in [5.41, 5.74) is 2.83. The summed E-state index contributed by atoms with van der Waals surface area (Å²) < 4.78 is 0. The van der Waals surface area contributed by atoms with Gasteiger partial charge in [0.25, 0.3) is 0 Å². The quantitative estimate of drug-likeness (QED) is 0.321. The highest BCUT2D eigenvalue weighted by Gasteiger charge is 2.10. The van der Waals surface area contributed by atoms with Crippen LogP contribution >= 0.6 is 0 Å². The molecule has 0 spiro atoms. The lowest BCUT2D eigenvalue weighted by atomic mass is 10.0. The van der Waals surface area contributed by atoms with Crippen molar-refractivity contribution in [2.24, 2.45) is 5.84 Å². The van der Waals surface area contributed by atoms with Crippen molar-refractivity contribution in [3.8, 4) is 0 Å². The third-order valence-electron chi connectivity index (χ3n) is 3.40. The van der Waals surface area contributed by atoms with Gasteiger partial charge in [-0.25, -0.2) is 10.4 Å². The number of imidazole rings is 1. The van der Waals surface area contributed by atoms with Crippen LogP contribution < -0.4 is 11.3 Å². The smallest absolute Gasteiger partial charge is 0.124 e. The molecule has 0 saturated carbocycles. The largest absolute Gasteiger partial charge is 0.347 e. The first-order chi connectivity index (χ1) is 8.88. The van der Waals surface area contributed by atoms with Crippen molar-refractivity contribution in [3.63, 3.8) is 0 Å². The summed E-state index contributed by atoms with van der Waals surface area (Å²) >= 11 is 0. The van der Waals surface area contributed by atoms with E-state index in [1.54, 1.807) is 6.20 Å². The monoisotopic (exact) mass is 252 g/mol. The number of aromatic amines is 1. The number of hydrazine groups is 1. The predicted molar refractivity (Wildman–Crippen MR) is 75.9 cm³/mol. The minimum Gasteiger partial charge on any atom is -0.347 e. The highest BCUT2D eigenvalue weighted by atomic mass is 15.2. The molecule has 104 valence electrons. The van der Waals surface area contributed by atoms with E-state index in [2.05, 4.69) is 22.3 Å². The lowest BCUT2D eigenvalue weighted by Crippen LogP contribution is -2.28. The molecular weight excluding hydrogens is 224 g/mol. The molecule has 4 heteroatoms. The lowest BCUT2D eigenvalue weighted by Gasteiger charge is -2.12. The van der Waals surface area contributed by atoms with E-state index in [0.29, 0.717) is 0 Å². The Morgan fingerprint density at radius 2 is 1.83 bits per heavy atom. The maximum absolute atomic E-state index is 5.55. The summed E-state index contributed by atoms with van der Waals surface area (Å²) in [7, 11) is 0. The van der Waals surface area contributed by atoms with E-state index in [0.717, 1.165) is 12.2 Å². The van der Waals surface area contributed by atoms with Crippen LogP contribution in [-0.4, -0.2) is 9.97 Å². The standard InChI is InChI=1S/C14H28N4/c1-2-3-4-5-6-7-8-9-10-13(18-15)14-16-11-12-17-14/h11-13,18H,2-10,15H2,1H3,(H,16,17). The molecule has 0 saturated heterocycles. The molecule has 0 bridgehead atoms. The highest BCUT2D eigenvalue weighted by molar-refractivity contribution is 4.94. The van der Waals surface area contributed by atoms with E-state index in [1.165, 1.54) is 51.4 Å². The summed E-state index contributed by atoms with van der Waals surface area (Å²) in [6, 6.07) is 0.167. The summed E-state index contributed by atoms with van der Waals surface area (Å²) in [5, 5.41) is 0. The van der Waals surface area contributed by atoms with Crippen molar-refractivity contribution in [1.82, 2.24) is 15.4 Å². The second-order valence-electron chi connectivity index (χ2n) is 4.96. The first kappa shape index (κ1) is 15.2. The third-order valence-corrected chi connectivity index (χ3v) is 3.40. The minimum atomic E-state index is 0.167. The first-order valence-electron chi connectivity index (χ1n) is 7.34. The van der Waals surface area contributed by atoms with Gasteiger partial charge < -0.3 is 4.98 Å². The number of hydrogen-bond donors (Lipinski definition) is 3. The molecule has 1 heterocycles. The van der Waals surface area contributed by atoms with E-state index in [9.17, 15) is 0 Å². The number of aromatic nitrogens is 2. The van der Waals surface area contributed by atoms with Crippen molar-refractivity contribution < 1.29 is 0 Å². The Bertz CT molecular complexity index is 271. The van der Waals surface area contributed by atoms with Gasteiger partial charge in [0, 0.05) is 12.4 Å². The Balaban J connectivity index is 1.99. The van der Waals surface area contributed by atoms with Crippen molar-refractivity contribution in [2.45, 2.75) is 70.8 Å². The molecule has 0 aliphatic heterocycles. The number of nitrogens with one attached hydrogen (secondary N) is 2. The van der Waals surface area contributed by atoms with Gasteiger partial charge in [0.15, 0.2) is 0 Å². The van der Waals surface area contributed by atoms with Gasteiger partial charge in [-0.05, 0) is 6.42 Å². The molecule has 0 aromatic carbocycles. The molecule has 0 aliphatic rings. The SMILES string of the molecule is CCCCCCCCCCC(NN)c1ncc[nH]1. The van der Waals surface area contributed by atoms with Gasteiger partial charge in [-0.15, -0.1) is 0 Å². The molecule has 1 atom stereocenters. The minimum absolute atomic E-state index is 0.167. The molecule has 18 heavy (non-hydrogen) atoms. The second-order valence-corrected chi connectivity index (χ2v) is 4.96. The molecule has 4 N–H and O–H groups in total. The van der Waals surface area contributed by atoms with Crippen molar-refractivity contribution in [3.05, 3.63) is 18.2 Å². The second kappa shape index (κ2) is 10.1. The third kappa shape index (κ3) is 6.17. The Morgan fingerprint density at radius 1 is 1.17 bits per heavy atom. The fraction of sp³-hybridized carbons (Fsp3) is 0.786. The molecule has 4 nitrogen and oxygen atoms in total.